The Labute approximate surface area is 85.5 Å². The second-order valence-electron chi connectivity index (χ2n) is 2.93. The molecule has 0 aromatic carbocycles. The molecule has 2 aromatic rings. The molecule has 0 spiro atoms. The monoisotopic (exact) mass is 206 g/mol. The van der Waals surface area contributed by atoms with E-state index in [9.17, 15) is 0 Å². The molecule has 0 amide bonds. The third kappa shape index (κ3) is 1.77. The summed E-state index contributed by atoms with van der Waals surface area (Å²) < 4.78 is 4.93. The number of nitrogens with zero attached hydrogens (tertiary/aromatic N) is 4. The summed E-state index contributed by atoms with van der Waals surface area (Å²) in [5.74, 6) is 0.316. The van der Waals surface area contributed by atoms with E-state index in [0.29, 0.717) is 23.5 Å². The van der Waals surface area contributed by atoms with Crippen molar-refractivity contribution in [3.63, 3.8) is 0 Å². The number of anilines is 2. The van der Waals surface area contributed by atoms with Gasteiger partial charge in [-0.05, 0) is 0 Å². The maximum Gasteiger partial charge on any atom is 0.224 e. The van der Waals surface area contributed by atoms with Crippen molar-refractivity contribution in [3.8, 4) is 0 Å². The lowest BCUT2D eigenvalue weighted by atomic mass is 10.4. The zero-order valence-electron chi connectivity index (χ0n) is 8.14. The molecular formula is C8H10N6O. The van der Waals surface area contributed by atoms with E-state index < -0.39 is 0 Å². The van der Waals surface area contributed by atoms with Crippen molar-refractivity contribution in [1.29, 1.82) is 0 Å². The number of hydrogen-bond donors (Lipinski definition) is 2. The average Bonchev–Trinajstić information content (AvgIpc) is 2.19. The summed E-state index contributed by atoms with van der Waals surface area (Å²) in [5.41, 5.74) is 12.6. The smallest absolute Gasteiger partial charge is 0.224 e. The Morgan fingerprint density at radius 3 is 2.80 bits per heavy atom. The number of aromatic nitrogens is 4. The van der Waals surface area contributed by atoms with Crippen molar-refractivity contribution in [2.75, 3.05) is 18.6 Å². The highest BCUT2D eigenvalue weighted by Gasteiger charge is 2.06. The molecule has 0 radical (unpaired) electrons. The van der Waals surface area contributed by atoms with Gasteiger partial charge in [-0.3, -0.25) is 0 Å². The summed E-state index contributed by atoms with van der Waals surface area (Å²) in [6.45, 7) is 0.368. The maximum atomic E-state index is 5.65. The molecule has 4 N–H and O–H groups in total. The van der Waals surface area contributed by atoms with Crippen LogP contribution in [-0.4, -0.2) is 27.0 Å². The van der Waals surface area contributed by atoms with Crippen LogP contribution in [-0.2, 0) is 11.3 Å². The van der Waals surface area contributed by atoms with Crippen molar-refractivity contribution in [1.82, 2.24) is 19.9 Å². The number of fused-ring (bicyclic) bond motifs is 1. The first kappa shape index (κ1) is 9.53. The van der Waals surface area contributed by atoms with E-state index in [0.717, 1.165) is 0 Å². The Bertz CT molecular complexity index is 500. The van der Waals surface area contributed by atoms with Crippen molar-refractivity contribution >= 4 is 22.9 Å². The molecule has 2 rings (SSSR count). The Morgan fingerprint density at radius 2 is 2.07 bits per heavy atom. The maximum absolute atomic E-state index is 5.65. The molecule has 0 saturated carbocycles. The average molecular weight is 206 g/mol. The number of nitrogen functional groups attached to an aromatic ring is 2. The van der Waals surface area contributed by atoms with E-state index in [4.69, 9.17) is 16.2 Å². The molecule has 0 bridgehead atoms. The van der Waals surface area contributed by atoms with E-state index >= 15 is 0 Å². The van der Waals surface area contributed by atoms with Gasteiger partial charge in [0.05, 0.1) is 18.5 Å². The van der Waals surface area contributed by atoms with E-state index in [1.54, 1.807) is 13.3 Å². The highest BCUT2D eigenvalue weighted by atomic mass is 16.5. The van der Waals surface area contributed by atoms with Gasteiger partial charge in [0.1, 0.15) is 0 Å². The minimum absolute atomic E-state index is 0.0915. The summed E-state index contributed by atoms with van der Waals surface area (Å²) in [6, 6.07) is 0. The zero-order valence-corrected chi connectivity index (χ0v) is 8.14. The molecule has 7 heteroatoms. The second-order valence-corrected chi connectivity index (χ2v) is 2.93. The van der Waals surface area contributed by atoms with Crippen LogP contribution >= 0.6 is 0 Å². The van der Waals surface area contributed by atoms with Crippen LogP contribution in [0.25, 0.3) is 11.2 Å². The van der Waals surface area contributed by atoms with Crippen LogP contribution in [0.1, 0.15) is 5.69 Å². The predicted molar refractivity (Wildman–Crippen MR) is 54.7 cm³/mol. The van der Waals surface area contributed by atoms with Crippen LogP contribution in [0.15, 0.2) is 6.20 Å². The van der Waals surface area contributed by atoms with Crippen LogP contribution in [0, 0.1) is 0 Å². The van der Waals surface area contributed by atoms with Gasteiger partial charge in [-0.25, -0.2) is 9.97 Å². The van der Waals surface area contributed by atoms with Crippen LogP contribution in [0.4, 0.5) is 11.8 Å². The summed E-state index contributed by atoms with van der Waals surface area (Å²) in [6.07, 6.45) is 1.57. The Balaban J connectivity index is 2.60. The first-order valence-electron chi connectivity index (χ1n) is 4.24. The lowest BCUT2D eigenvalue weighted by Crippen LogP contribution is -2.04. The largest absolute Gasteiger partial charge is 0.382 e. The number of methoxy groups -OCH3 is 1. The summed E-state index contributed by atoms with van der Waals surface area (Å²) in [4.78, 5) is 16.0. The number of nitrogens with two attached hydrogens (primary N) is 2. The molecule has 0 fully saturated rings. The van der Waals surface area contributed by atoms with Crippen LogP contribution in [0.2, 0.25) is 0 Å². The first-order valence-corrected chi connectivity index (χ1v) is 4.24. The van der Waals surface area contributed by atoms with E-state index in [-0.39, 0.29) is 11.8 Å². The van der Waals surface area contributed by atoms with Gasteiger partial charge in [0.2, 0.25) is 5.95 Å². The molecule has 7 nitrogen and oxygen atoms in total. The van der Waals surface area contributed by atoms with Crippen LogP contribution in [0.3, 0.4) is 0 Å². The number of hydrogen-bond acceptors (Lipinski definition) is 7. The van der Waals surface area contributed by atoms with Gasteiger partial charge in [-0.1, -0.05) is 0 Å². The molecule has 78 valence electrons. The Hall–Kier alpha value is -2.02. The Morgan fingerprint density at radius 1 is 1.27 bits per heavy atom. The second kappa shape index (κ2) is 3.62. The zero-order chi connectivity index (χ0) is 10.8. The fraction of sp³-hybridized carbons (Fsp3) is 0.250. The molecular weight excluding hydrogens is 196 g/mol. The molecule has 0 aliphatic heterocycles. The summed E-state index contributed by atoms with van der Waals surface area (Å²) in [7, 11) is 1.58. The van der Waals surface area contributed by atoms with Gasteiger partial charge in [-0.15, -0.1) is 0 Å². The molecule has 0 aliphatic rings. The Kier molecular flexibility index (Phi) is 2.30. The fourth-order valence-electron chi connectivity index (χ4n) is 1.20. The third-order valence-corrected chi connectivity index (χ3v) is 1.79. The highest BCUT2D eigenvalue weighted by molar-refractivity contribution is 5.81. The van der Waals surface area contributed by atoms with Crippen molar-refractivity contribution in [2.45, 2.75) is 6.61 Å². The van der Waals surface area contributed by atoms with Crippen molar-refractivity contribution < 1.29 is 4.74 Å². The van der Waals surface area contributed by atoms with Gasteiger partial charge < -0.3 is 16.2 Å². The normalized spacial score (nSPS) is 10.7. The van der Waals surface area contributed by atoms with Gasteiger partial charge >= 0.3 is 0 Å². The standard InChI is InChI=1S/C8H10N6O/c1-15-3-4-2-11-7-5(12-4)6(9)13-8(10)14-7/h2H,3H2,1H3,(H4,9,10,11,13,14). The summed E-state index contributed by atoms with van der Waals surface area (Å²) >= 11 is 0. The molecule has 2 aromatic heterocycles. The van der Waals surface area contributed by atoms with E-state index in [1.165, 1.54) is 0 Å². The SMILES string of the molecule is COCc1cnc2nc(N)nc(N)c2n1. The first-order chi connectivity index (χ1) is 7.20. The molecule has 2 heterocycles. The number of rotatable bonds is 2. The number of ether oxygens (including phenoxy) is 1. The van der Waals surface area contributed by atoms with Crippen LogP contribution < -0.4 is 11.5 Å². The van der Waals surface area contributed by atoms with Crippen molar-refractivity contribution in [3.05, 3.63) is 11.9 Å². The fourth-order valence-corrected chi connectivity index (χ4v) is 1.20. The molecule has 0 unspecified atom stereocenters. The molecule has 0 atom stereocenters. The lowest BCUT2D eigenvalue weighted by Gasteiger charge is -2.03. The van der Waals surface area contributed by atoms with Crippen LogP contribution in [0.5, 0.6) is 0 Å². The van der Waals surface area contributed by atoms with E-state index in [2.05, 4.69) is 19.9 Å². The molecule has 0 saturated heterocycles. The quantitative estimate of drug-likeness (QED) is 0.695. The molecule has 0 aliphatic carbocycles. The van der Waals surface area contributed by atoms with Gasteiger partial charge in [0.25, 0.3) is 0 Å². The van der Waals surface area contributed by atoms with E-state index in [1.807, 2.05) is 0 Å². The van der Waals surface area contributed by atoms with Gasteiger partial charge in [0, 0.05) is 7.11 Å². The summed E-state index contributed by atoms with van der Waals surface area (Å²) in [5, 5.41) is 0. The highest BCUT2D eigenvalue weighted by Crippen LogP contribution is 2.14. The predicted octanol–water partition coefficient (Wildman–Crippen LogP) is -0.269. The van der Waals surface area contributed by atoms with Gasteiger partial charge in [-0.2, -0.15) is 9.97 Å². The topological polar surface area (TPSA) is 113 Å². The minimum Gasteiger partial charge on any atom is -0.382 e. The molecule has 15 heavy (non-hydrogen) atoms. The van der Waals surface area contributed by atoms with Gasteiger partial charge in [0.15, 0.2) is 17.0 Å². The third-order valence-electron chi connectivity index (χ3n) is 1.79. The minimum atomic E-state index is 0.0915. The van der Waals surface area contributed by atoms with Crippen molar-refractivity contribution in [2.24, 2.45) is 0 Å². The lowest BCUT2D eigenvalue weighted by molar-refractivity contribution is 0.181.